The lowest BCUT2D eigenvalue weighted by Crippen LogP contribution is -2.31. The van der Waals surface area contributed by atoms with Crippen molar-refractivity contribution < 1.29 is 28.9 Å². The Balaban J connectivity index is 2.19. The summed E-state index contributed by atoms with van der Waals surface area (Å²) in [5.74, 6) is -0.428. The van der Waals surface area contributed by atoms with E-state index >= 15 is 0 Å². The summed E-state index contributed by atoms with van der Waals surface area (Å²) < 4.78 is 15.8. The van der Waals surface area contributed by atoms with Gasteiger partial charge in [-0.3, -0.25) is 9.59 Å². The van der Waals surface area contributed by atoms with Gasteiger partial charge < -0.3 is 24.2 Å². The highest BCUT2D eigenvalue weighted by atomic mass is 16.5. The second-order valence-electron chi connectivity index (χ2n) is 7.26. The minimum absolute atomic E-state index is 0.0418. The first kappa shape index (κ1) is 22.4. The van der Waals surface area contributed by atoms with Gasteiger partial charge in [0.05, 0.1) is 25.8 Å². The summed E-state index contributed by atoms with van der Waals surface area (Å²) in [4.78, 5) is 27.5. The van der Waals surface area contributed by atoms with Crippen molar-refractivity contribution in [1.29, 1.82) is 0 Å². The maximum Gasteiger partial charge on any atom is 0.295 e. The molecule has 1 heterocycles. The van der Waals surface area contributed by atoms with Gasteiger partial charge in [-0.25, -0.2) is 0 Å². The standard InChI is InChI=1S/C24H27NO6/c1-15-14-16(30-3)10-11-17(15)22(26)20-21(18-8-5-6-9-19(18)31-4)25(12-7-13-29-2)24(28)23(20)27/h5-6,8-11,14,21,26H,7,12-13H2,1-4H3/t21-/m1/s1. The van der Waals surface area contributed by atoms with Crippen LogP contribution in [0.5, 0.6) is 11.5 Å². The third-order valence-corrected chi connectivity index (χ3v) is 5.41. The van der Waals surface area contributed by atoms with Crippen LogP contribution in [0.25, 0.3) is 5.76 Å². The van der Waals surface area contributed by atoms with E-state index in [2.05, 4.69) is 0 Å². The van der Waals surface area contributed by atoms with Crippen molar-refractivity contribution in [3.63, 3.8) is 0 Å². The summed E-state index contributed by atoms with van der Waals surface area (Å²) in [7, 11) is 4.67. The minimum atomic E-state index is -0.769. The van der Waals surface area contributed by atoms with Crippen molar-refractivity contribution in [2.24, 2.45) is 0 Å². The average Bonchev–Trinajstić information content (AvgIpc) is 3.03. The number of aryl methyl sites for hydroxylation is 1. The second-order valence-corrected chi connectivity index (χ2v) is 7.26. The van der Waals surface area contributed by atoms with E-state index in [4.69, 9.17) is 14.2 Å². The van der Waals surface area contributed by atoms with Crippen LogP contribution < -0.4 is 9.47 Å². The molecular weight excluding hydrogens is 398 g/mol. The van der Waals surface area contributed by atoms with Gasteiger partial charge in [0, 0.05) is 31.4 Å². The molecule has 1 aliphatic heterocycles. The number of carbonyl (C=O) groups is 2. The van der Waals surface area contributed by atoms with Crippen molar-refractivity contribution in [2.75, 3.05) is 34.5 Å². The van der Waals surface area contributed by atoms with Crippen LogP contribution in [0.15, 0.2) is 48.0 Å². The Kier molecular flexibility index (Phi) is 6.97. The van der Waals surface area contributed by atoms with E-state index in [1.165, 1.54) is 12.0 Å². The Bertz CT molecular complexity index is 1010. The van der Waals surface area contributed by atoms with E-state index in [0.717, 1.165) is 5.56 Å². The smallest absolute Gasteiger partial charge is 0.295 e. The zero-order valence-electron chi connectivity index (χ0n) is 18.2. The molecule has 31 heavy (non-hydrogen) atoms. The third kappa shape index (κ3) is 4.27. The summed E-state index contributed by atoms with van der Waals surface area (Å²) >= 11 is 0. The van der Waals surface area contributed by atoms with E-state index in [1.807, 2.05) is 19.1 Å². The molecule has 7 nitrogen and oxygen atoms in total. The van der Waals surface area contributed by atoms with Gasteiger partial charge in [0.15, 0.2) is 0 Å². The topological polar surface area (TPSA) is 85.3 Å². The molecule has 2 aromatic rings. The molecule has 0 bridgehead atoms. The van der Waals surface area contributed by atoms with Crippen molar-refractivity contribution in [1.82, 2.24) is 4.90 Å². The van der Waals surface area contributed by atoms with Crippen LogP contribution in [0, 0.1) is 6.92 Å². The number of benzene rings is 2. The van der Waals surface area contributed by atoms with Gasteiger partial charge in [-0.1, -0.05) is 18.2 Å². The molecule has 164 valence electrons. The molecule has 0 radical (unpaired) electrons. The predicted molar refractivity (Wildman–Crippen MR) is 116 cm³/mol. The van der Waals surface area contributed by atoms with Crippen LogP contribution in [0.2, 0.25) is 0 Å². The van der Waals surface area contributed by atoms with Crippen LogP contribution >= 0.6 is 0 Å². The fourth-order valence-corrected chi connectivity index (χ4v) is 3.88. The lowest BCUT2D eigenvalue weighted by atomic mass is 9.93. The van der Waals surface area contributed by atoms with Crippen LogP contribution in [0.1, 0.15) is 29.2 Å². The number of hydrogen-bond acceptors (Lipinski definition) is 6. The van der Waals surface area contributed by atoms with Gasteiger partial charge >= 0.3 is 0 Å². The summed E-state index contributed by atoms with van der Waals surface area (Å²) in [6, 6.07) is 11.6. The Morgan fingerprint density at radius 3 is 2.45 bits per heavy atom. The summed E-state index contributed by atoms with van der Waals surface area (Å²) in [5, 5.41) is 11.2. The average molecular weight is 425 g/mol. The van der Waals surface area contributed by atoms with Crippen LogP contribution in [0.4, 0.5) is 0 Å². The number of carbonyl (C=O) groups excluding carboxylic acids is 2. The van der Waals surface area contributed by atoms with Crippen molar-refractivity contribution in [3.8, 4) is 11.5 Å². The Morgan fingerprint density at radius 2 is 1.81 bits per heavy atom. The molecule has 7 heteroatoms. The van der Waals surface area contributed by atoms with Gasteiger partial charge in [0.1, 0.15) is 17.3 Å². The molecule has 0 spiro atoms. The van der Waals surface area contributed by atoms with E-state index in [1.54, 1.807) is 44.6 Å². The number of ether oxygens (including phenoxy) is 3. The number of aliphatic hydroxyl groups excluding tert-OH is 1. The highest BCUT2D eigenvalue weighted by molar-refractivity contribution is 6.46. The number of hydrogen-bond donors (Lipinski definition) is 1. The Morgan fingerprint density at radius 1 is 1.06 bits per heavy atom. The zero-order valence-corrected chi connectivity index (χ0v) is 18.2. The normalized spacial score (nSPS) is 17.8. The number of aliphatic hydroxyl groups is 1. The van der Waals surface area contributed by atoms with Crippen molar-refractivity contribution >= 4 is 17.4 Å². The number of amides is 1. The number of ketones is 1. The van der Waals surface area contributed by atoms with Crippen LogP contribution in [0.3, 0.4) is 0 Å². The van der Waals surface area contributed by atoms with E-state index in [-0.39, 0.29) is 11.3 Å². The lowest BCUT2D eigenvalue weighted by molar-refractivity contribution is -0.140. The number of nitrogens with zero attached hydrogens (tertiary/aromatic N) is 1. The summed E-state index contributed by atoms with van der Waals surface area (Å²) in [6.45, 7) is 2.56. The summed E-state index contributed by atoms with van der Waals surface area (Å²) in [5.41, 5.74) is 1.87. The molecule has 2 aromatic carbocycles. The van der Waals surface area contributed by atoms with Crippen LogP contribution in [-0.4, -0.2) is 56.2 Å². The minimum Gasteiger partial charge on any atom is -0.507 e. The largest absolute Gasteiger partial charge is 0.507 e. The molecule has 1 saturated heterocycles. The Hall–Kier alpha value is -3.32. The molecule has 1 fully saturated rings. The molecule has 0 aliphatic carbocycles. The fourth-order valence-electron chi connectivity index (χ4n) is 3.88. The monoisotopic (exact) mass is 425 g/mol. The number of rotatable bonds is 8. The van der Waals surface area contributed by atoms with Gasteiger partial charge in [-0.05, 0) is 43.2 Å². The molecule has 1 aliphatic rings. The predicted octanol–water partition coefficient (Wildman–Crippen LogP) is 3.47. The van der Waals surface area contributed by atoms with Crippen LogP contribution in [-0.2, 0) is 14.3 Å². The van der Waals surface area contributed by atoms with Gasteiger partial charge in [-0.2, -0.15) is 0 Å². The number of methoxy groups -OCH3 is 3. The van der Waals surface area contributed by atoms with Crippen molar-refractivity contribution in [3.05, 3.63) is 64.7 Å². The molecule has 1 N–H and O–H groups in total. The molecule has 0 aromatic heterocycles. The summed E-state index contributed by atoms with van der Waals surface area (Å²) in [6.07, 6.45) is 0.552. The molecule has 0 unspecified atom stereocenters. The second kappa shape index (κ2) is 9.66. The van der Waals surface area contributed by atoms with E-state index in [0.29, 0.717) is 42.2 Å². The first-order chi connectivity index (χ1) is 14.9. The van der Waals surface area contributed by atoms with Gasteiger partial charge in [0.2, 0.25) is 0 Å². The van der Waals surface area contributed by atoms with Crippen molar-refractivity contribution in [2.45, 2.75) is 19.4 Å². The Labute approximate surface area is 181 Å². The molecule has 3 rings (SSSR count). The molecular formula is C24H27NO6. The quantitative estimate of drug-likeness (QED) is 0.302. The highest BCUT2D eigenvalue weighted by Crippen LogP contribution is 2.43. The number of para-hydroxylation sites is 1. The first-order valence-corrected chi connectivity index (χ1v) is 9.99. The van der Waals surface area contributed by atoms with E-state index in [9.17, 15) is 14.7 Å². The number of likely N-dealkylation sites (tertiary alicyclic amines) is 1. The fraction of sp³-hybridized carbons (Fsp3) is 0.333. The maximum absolute atomic E-state index is 13.1. The zero-order chi connectivity index (χ0) is 22.5. The SMILES string of the molecule is COCCCN1C(=O)C(=O)C(=C(O)c2ccc(OC)cc2C)[C@H]1c1ccccc1OC. The number of Topliss-reactive ketones (excluding diaryl/α,β-unsaturated/α-hetero) is 1. The molecule has 0 saturated carbocycles. The lowest BCUT2D eigenvalue weighted by Gasteiger charge is -2.26. The first-order valence-electron chi connectivity index (χ1n) is 9.99. The van der Waals surface area contributed by atoms with Gasteiger partial charge in [0.25, 0.3) is 11.7 Å². The molecule has 1 amide bonds. The van der Waals surface area contributed by atoms with Gasteiger partial charge in [-0.15, -0.1) is 0 Å². The molecule has 1 atom stereocenters. The van der Waals surface area contributed by atoms with E-state index < -0.39 is 17.7 Å². The maximum atomic E-state index is 13.1. The highest BCUT2D eigenvalue weighted by Gasteiger charge is 2.46. The third-order valence-electron chi connectivity index (χ3n) is 5.41.